The number of hydrogen-bond donors (Lipinski definition) is 1. The number of ether oxygens (including phenoxy) is 1. The molecule has 0 spiro atoms. The second-order valence-corrected chi connectivity index (χ2v) is 6.21. The predicted molar refractivity (Wildman–Crippen MR) is 56.1 cm³/mol. The number of rotatable bonds is 4. The maximum atomic E-state index is 11.3. The van der Waals surface area contributed by atoms with Crippen molar-refractivity contribution in [2.45, 2.75) is 31.8 Å². The Bertz CT molecular complexity index is 263. The molecule has 2 unspecified atom stereocenters. The molecule has 2 atom stereocenters. The van der Waals surface area contributed by atoms with Gasteiger partial charge < -0.3 is 10.1 Å². The monoisotopic (exact) mass is 221 g/mol. The summed E-state index contributed by atoms with van der Waals surface area (Å²) in [6.07, 6.45) is 1.73. The lowest BCUT2D eigenvalue weighted by molar-refractivity contribution is 0.166. The van der Waals surface area contributed by atoms with Gasteiger partial charge in [-0.1, -0.05) is 0 Å². The Morgan fingerprint density at radius 2 is 2.29 bits per heavy atom. The molecule has 1 fully saturated rings. The van der Waals surface area contributed by atoms with Gasteiger partial charge in [0.2, 0.25) is 0 Å². The van der Waals surface area contributed by atoms with Crippen molar-refractivity contribution < 1.29 is 13.2 Å². The third kappa shape index (κ3) is 3.94. The molecule has 1 aliphatic rings. The lowest BCUT2D eigenvalue weighted by atomic mass is 10.1. The van der Waals surface area contributed by atoms with Gasteiger partial charge in [-0.15, -0.1) is 0 Å². The largest absolute Gasteiger partial charge is 0.383 e. The number of methoxy groups -OCH3 is 1. The van der Waals surface area contributed by atoms with Crippen molar-refractivity contribution in [2.75, 3.05) is 25.2 Å². The van der Waals surface area contributed by atoms with Crippen LogP contribution < -0.4 is 5.32 Å². The van der Waals surface area contributed by atoms with E-state index < -0.39 is 9.84 Å². The van der Waals surface area contributed by atoms with Gasteiger partial charge in [0.25, 0.3) is 0 Å². The third-order valence-corrected chi connectivity index (χ3v) is 4.22. The molecule has 0 aromatic heterocycles. The molecule has 4 nitrogen and oxygen atoms in total. The van der Waals surface area contributed by atoms with Crippen LogP contribution in [0.25, 0.3) is 0 Å². The second-order valence-electron chi connectivity index (χ2n) is 3.98. The minimum atomic E-state index is -2.80. The summed E-state index contributed by atoms with van der Waals surface area (Å²) >= 11 is 0. The van der Waals surface area contributed by atoms with Gasteiger partial charge in [0.15, 0.2) is 9.84 Å². The Balaban J connectivity index is 2.38. The molecule has 0 radical (unpaired) electrons. The number of nitrogens with one attached hydrogen (secondary N) is 1. The molecule has 1 heterocycles. The average molecular weight is 221 g/mol. The van der Waals surface area contributed by atoms with E-state index in [2.05, 4.69) is 5.32 Å². The predicted octanol–water partition coefficient (Wildman–Crippen LogP) is 0.188. The van der Waals surface area contributed by atoms with E-state index in [0.717, 1.165) is 12.8 Å². The Morgan fingerprint density at radius 1 is 1.57 bits per heavy atom. The lowest BCUT2D eigenvalue weighted by Crippen LogP contribution is -2.45. The van der Waals surface area contributed by atoms with Gasteiger partial charge in [-0.2, -0.15) is 0 Å². The smallest absolute Gasteiger partial charge is 0.151 e. The molecule has 0 aliphatic carbocycles. The third-order valence-electron chi connectivity index (χ3n) is 2.40. The summed E-state index contributed by atoms with van der Waals surface area (Å²) in [4.78, 5) is 0. The van der Waals surface area contributed by atoms with E-state index in [4.69, 9.17) is 4.74 Å². The summed E-state index contributed by atoms with van der Waals surface area (Å²) in [6, 6.07) is 0.331. The molecule has 0 aromatic rings. The van der Waals surface area contributed by atoms with Crippen molar-refractivity contribution >= 4 is 9.84 Å². The maximum absolute atomic E-state index is 11.3. The first-order valence-electron chi connectivity index (χ1n) is 4.99. The van der Waals surface area contributed by atoms with Crippen LogP contribution in [-0.4, -0.2) is 45.7 Å². The Morgan fingerprint density at radius 3 is 2.86 bits per heavy atom. The van der Waals surface area contributed by atoms with Gasteiger partial charge in [-0.25, -0.2) is 8.42 Å². The van der Waals surface area contributed by atoms with Gasteiger partial charge in [-0.05, 0) is 19.8 Å². The van der Waals surface area contributed by atoms with E-state index in [1.165, 1.54) is 0 Å². The van der Waals surface area contributed by atoms with Crippen LogP contribution in [0.15, 0.2) is 0 Å². The maximum Gasteiger partial charge on any atom is 0.151 e. The van der Waals surface area contributed by atoms with E-state index >= 15 is 0 Å². The molecule has 1 rings (SSSR count). The highest BCUT2D eigenvalue weighted by molar-refractivity contribution is 7.91. The molecule has 0 saturated carbocycles. The Kier molecular flexibility index (Phi) is 4.34. The summed E-state index contributed by atoms with van der Waals surface area (Å²) in [6.45, 7) is 2.63. The van der Waals surface area contributed by atoms with Crippen LogP contribution in [0.4, 0.5) is 0 Å². The first-order valence-corrected chi connectivity index (χ1v) is 6.81. The normalized spacial score (nSPS) is 28.6. The fraction of sp³-hybridized carbons (Fsp3) is 1.00. The van der Waals surface area contributed by atoms with Crippen LogP contribution in [0, 0.1) is 0 Å². The van der Waals surface area contributed by atoms with E-state index in [1.54, 1.807) is 7.11 Å². The van der Waals surface area contributed by atoms with E-state index in [0.29, 0.717) is 12.4 Å². The summed E-state index contributed by atoms with van der Waals surface area (Å²) in [5.41, 5.74) is 0. The van der Waals surface area contributed by atoms with Gasteiger partial charge in [0.1, 0.15) is 0 Å². The first kappa shape index (κ1) is 11.9. The number of sulfone groups is 1. The standard InChI is InChI=1S/C9H19NO3S/c1-8(6-13-2)10-9-4-3-5-14(11,12)7-9/h8-10H,3-7H2,1-2H3. The van der Waals surface area contributed by atoms with Crippen molar-refractivity contribution in [3.05, 3.63) is 0 Å². The lowest BCUT2D eigenvalue weighted by Gasteiger charge is -2.26. The minimum absolute atomic E-state index is 0.110. The van der Waals surface area contributed by atoms with Crippen LogP contribution >= 0.6 is 0 Å². The van der Waals surface area contributed by atoms with Crippen molar-refractivity contribution in [3.8, 4) is 0 Å². The topological polar surface area (TPSA) is 55.4 Å². The van der Waals surface area contributed by atoms with Crippen molar-refractivity contribution in [2.24, 2.45) is 0 Å². The van der Waals surface area contributed by atoms with Gasteiger partial charge in [-0.3, -0.25) is 0 Å². The van der Waals surface area contributed by atoms with Gasteiger partial charge in [0, 0.05) is 19.2 Å². The molecular weight excluding hydrogens is 202 g/mol. The molecule has 5 heteroatoms. The van der Waals surface area contributed by atoms with Crippen LogP contribution in [0.5, 0.6) is 0 Å². The Hall–Kier alpha value is -0.130. The minimum Gasteiger partial charge on any atom is -0.383 e. The zero-order valence-corrected chi connectivity index (χ0v) is 9.64. The van der Waals surface area contributed by atoms with Gasteiger partial charge in [0.05, 0.1) is 18.1 Å². The summed E-state index contributed by atoms with van der Waals surface area (Å²) in [5, 5.41) is 3.27. The van der Waals surface area contributed by atoms with E-state index in [-0.39, 0.29) is 17.8 Å². The highest BCUT2D eigenvalue weighted by Crippen LogP contribution is 2.12. The number of hydrogen-bond acceptors (Lipinski definition) is 4. The van der Waals surface area contributed by atoms with E-state index in [1.807, 2.05) is 6.92 Å². The molecule has 1 saturated heterocycles. The quantitative estimate of drug-likeness (QED) is 0.736. The summed E-state index contributed by atoms with van der Waals surface area (Å²) < 4.78 is 27.6. The SMILES string of the molecule is COCC(C)NC1CCCS(=O)(=O)C1. The van der Waals surface area contributed by atoms with Crippen molar-refractivity contribution in [1.29, 1.82) is 0 Å². The average Bonchev–Trinajstić information content (AvgIpc) is 2.02. The van der Waals surface area contributed by atoms with Crippen LogP contribution in [0.3, 0.4) is 0 Å². The molecule has 0 aromatic carbocycles. The molecule has 14 heavy (non-hydrogen) atoms. The van der Waals surface area contributed by atoms with E-state index in [9.17, 15) is 8.42 Å². The molecule has 0 bridgehead atoms. The van der Waals surface area contributed by atoms with Crippen LogP contribution in [0.2, 0.25) is 0 Å². The molecule has 1 N–H and O–H groups in total. The van der Waals surface area contributed by atoms with Crippen molar-refractivity contribution in [3.63, 3.8) is 0 Å². The fourth-order valence-corrected chi connectivity index (χ4v) is 3.50. The molecule has 0 amide bonds. The van der Waals surface area contributed by atoms with Crippen LogP contribution in [-0.2, 0) is 14.6 Å². The Labute approximate surface area is 85.9 Å². The summed E-state index contributed by atoms with van der Waals surface area (Å²) in [7, 11) is -1.15. The molecular formula is C9H19NO3S. The second kappa shape index (κ2) is 5.09. The van der Waals surface area contributed by atoms with Crippen molar-refractivity contribution in [1.82, 2.24) is 5.32 Å². The first-order chi connectivity index (χ1) is 6.53. The summed E-state index contributed by atoms with van der Waals surface area (Å²) in [5.74, 6) is 0.630. The molecule has 84 valence electrons. The van der Waals surface area contributed by atoms with Gasteiger partial charge >= 0.3 is 0 Å². The molecule has 1 aliphatic heterocycles. The highest BCUT2D eigenvalue weighted by atomic mass is 32.2. The zero-order valence-electron chi connectivity index (χ0n) is 8.82. The fourth-order valence-electron chi connectivity index (χ4n) is 1.85. The van der Waals surface area contributed by atoms with Crippen LogP contribution in [0.1, 0.15) is 19.8 Å². The highest BCUT2D eigenvalue weighted by Gasteiger charge is 2.25. The zero-order chi connectivity index (χ0) is 10.6.